The molecule has 4 aromatic rings. The standard InChI is InChI=1S/C27H26N2O3/c1-3-19-32-26-20(11-10-16-24(26)31-4-2)17-18-25-28-23-15-9-8-14-22(23)27(30)29(25)21-12-6-5-7-13-21/h5-18H,3-4,19H2,1-2H3/b18-17+. The highest BCUT2D eigenvalue weighted by molar-refractivity contribution is 5.80. The van der Waals surface area contributed by atoms with Crippen molar-refractivity contribution >= 4 is 23.1 Å². The van der Waals surface area contributed by atoms with Gasteiger partial charge in [-0.3, -0.25) is 9.36 Å². The number of hydrogen-bond acceptors (Lipinski definition) is 4. The normalized spacial score (nSPS) is 11.2. The third kappa shape index (κ3) is 4.42. The average Bonchev–Trinajstić information content (AvgIpc) is 2.83. The van der Waals surface area contributed by atoms with Crippen LogP contribution in [0.5, 0.6) is 11.5 Å². The Bertz CT molecular complexity index is 1290. The van der Waals surface area contributed by atoms with E-state index in [0.717, 1.165) is 17.7 Å². The van der Waals surface area contributed by atoms with Gasteiger partial charge in [0.05, 0.1) is 29.8 Å². The van der Waals surface area contributed by atoms with Gasteiger partial charge in [0, 0.05) is 5.56 Å². The molecule has 162 valence electrons. The maximum absolute atomic E-state index is 13.4. The Balaban J connectivity index is 1.86. The lowest BCUT2D eigenvalue weighted by molar-refractivity contribution is 0.276. The Kier molecular flexibility index (Phi) is 6.66. The van der Waals surface area contributed by atoms with E-state index in [-0.39, 0.29) is 5.56 Å². The molecule has 0 fully saturated rings. The summed E-state index contributed by atoms with van der Waals surface area (Å²) in [6.45, 7) is 5.16. The van der Waals surface area contributed by atoms with Gasteiger partial charge < -0.3 is 9.47 Å². The minimum atomic E-state index is -0.105. The molecule has 0 aliphatic heterocycles. The Morgan fingerprint density at radius 2 is 1.66 bits per heavy atom. The van der Waals surface area contributed by atoms with E-state index < -0.39 is 0 Å². The molecular weight excluding hydrogens is 400 g/mol. The quantitative estimate of drug-likeness (QED) is 0.360. The number of aromatic nitrogens is 2. The number of ether oxygens (including phenoxy) is 2. The molecule has 0 radical (unpaired) electrons. The van der Waals surface area contributed by atoms with Crippen molar-refractivity contribution in [3.8, 4) is 17.2 Å². The first-order valence-corrected chi connectivity index (χ1v) is 10.9. The molecule has 0 bridgehead atoms. The molecule has 0 unspecified atom stereocenters. The monoisotopic (exact) mass is 426 g/mol. The number of fused-ring (bicyclic) bond motifs is 1. The molecule has 32 heavy (non-hydrogen) atoms. The molecule has 5 nitrogen and oxygen atoms in total. The average molecular weight is 427 g/mol. The number of hydrogen-bond donors (Lipinski definition) is 0. The lowest BCUT2D eigenvalue weighted by atomic mass is 10.1. The number of rotatable bonds is 8. The fourth-order valence-electron chi connectivity index (χ4n) is 3.54. The zero-order valence-corrected chi connectivity index (χ0v) is 18.3. The lowest BCUT2D eigenvalue weighted by Gasteiger charge is -2.14. The maximum atomic E-state index is 13.4. The van der Waals surface area contributed by atoms with Crippen molar-refractivity contribution in [1.29, 1.82) is 0 Å². The van der Waals surface area contributed by atoms with Crippen molar-refractivity contribution in [2.24, 2.45) is 0 Å². The Morgan fingerprint density at radius 1 is 0.875 bits per heavy atom. The summed E-state index contributed by atoms with van der Waals surface area (Å²) < 4.78 is 13.4. The number of benzene rings is 3. The van der Waals surface area contributed by atoms with Crippen molar-refractivity contribution in [3.63, 3.8) is 0 Å². The molecule has 0 saturated carbocycles. The van der Waals surface area contributed by atoms with Gasteiger partial charge in [0.25, 0.3) is 5.56 Å². The van der Waals surface area contributed by atoms with E-state index in [4.69, 9.17) is 14.5 Å². The second kappa shape index (κ2) is 9.96. The summed E-state index contributed by atoms with van der Waals surface area (Å²) in [7, 11) is 0. The predicted octanol–water partition coefficient (Wildman–Crippen LogP) is 5.74. The van der Waals surface area contributed by atoms with Crippen LogP contribution in [0.25, 0.3) is 28.7 Å². The second-order valence-electron chi connectivity index (χ2n) is 7.25. The minimum Gasteiger partial charge on any atom is -0.490 e. The van der Waals surface area contributed by atoms with Gasteiger partial charge in [0.1, 0.15) is 5.82 Å². The van der Waals surface area contributed by atoms with Gasteiger partial charge in [-0.15, -0.1) is 0 Å². The van der Waals surface area contributed by atoms with Crippen LogP contribution in [0.4, 0.5) is 0 Å². The molecule has 4 rings (SSSR count). The van der Waals surface area contributed by atoms with Crippen molar-refractivity contribution < 1.29 is 9.47 Å². The van der Waals surface area contributed by atoms with Crippen LogP contribution in [0.3, 0.4) is 0 Å². The van der Waals surface area contributed by atoms with Crippen molar-refractivity contribution in [2.45, 2.75) is 20.3 Å². The molecular formula is C27H26N2O3. The summed E-state index contributed by atoms with van der Waals surface area (Å²) in [5.41, 5.74) is 2.19. The topological polar surface area (TPSA) is 53.3 Å². The second-order valence-corrected chi connectivity index (χ2v) is 7.25. The van der Waals surface area contributed by atoms with Crippen molar-refractivity contribution in [3.05, 3.63) is 94.5 Å². The van der Waals surface area contributed by atoms with Gasteiger partial charge in [-0.05, 0) is 55.8 Å². The summed E-state index contributed by atoms with van der Waals surface area (Å²) in [6.07, 6.45) is 4.66. The summed E-state index contributed by atoms with van der Waals surface area (Å²) in [6, 6.07) is 22.8. The van der Waals surface area contributed by atoms with E-state index in [1.54, 1.807) is 10.6 Å². The van der Waals surface area contributed by atoms with Crippen LogP contribution < -0.4 is 15.0 Å². The molecule has 0 aliphatic rings. The molecule has 0 saturated heterocycles. The Morgan fingerprint density at radius 3 is 2.44 bits per heavy atom. The molecule has 0 amide bonds. The SMILES string of the molecule is CCCOc1c(/C=C/c2nc3ccccc3c(=O)n2-c2ccccc2)cccc1OCC. The van der Waals surface area contributed by atoms with E-state index in [9.17, 15) is 4.79 Å². The third-order valence-electron chi connectivity index (χ3n) is 4.99. The van der Waals surface area contributed by atoms with Crippen LogP contribution in [0.2, 0.25) is 0 Å². The highest BCUT2D eigenvalue weighted by Crippen LogP contribution is 2.33. The number of nitrogens with zero attached hydrogens (tertiary/aromatic N) is 2. The smallest absolute Gasteiger partial charge is 0.266 e. The third-order valence-corrected chi connectivity index (χ3v) is 4.99. The fourth-order valence-corrected chi connectivity index (χ4v) is 3.54. The summed E-state index contributed by atoms with van der Waals surface area (Å²) in [5.74, 6) is 1.94. The van der Waals surface area contributed by atoms with Crippen LogP contribution in [-0.4, -0.2) is 22.8 Å². The molecule has 3 aromatic carbocycles. The summed E-state index contributed by atoms with van der Waals surface area (Å²) in [4.78, 5) is 18.1. The van der Waals surface area contributed by atoms with E-state index in [2.05, 4.69) is 6.92 Å². The Labute approximate surface area is 187 Å². The zero-order chi connectivity index (χ0) is 22.3. The fraction of sp³-hybridized carbons (Fsp3) is 0.185. The van der Waals surface area contributed by atoms with Crippen LogP contribution >= 0.6 is 0 Å². The molecule has 0 N–H and O–H groups in total. The molecule has 1 heterocycles. The van der Waals surface area contributed by atoms with Crippen molar-refractivity contribution in [2.75, 3.05) is 13.2 Å². The highest BCUT2D eigenvalue weighted by Gasteiger charge is 2.12. The van der Waals surface area contributed by atoms with E-state index >= 15 is 0 Å². The summed E-state index contributed by atoms with van der Waals surface area (Å²) in [5, 5.41) is 0.582. The molecule has 0 aliphatic carbocycles. The van der Waals surface area contributed by atoms with Gasteiger partial charge in [0.2, 0.25) is 0 Å². The maximum Gasteiger partial charge on any atom is 0.266 e. The first-order chi connectivity index (χ1) is 15.7. The van der Waals surface area contributed by atoms with Crippen LogP contribution in [0.15, 0.2) is 77.6 Å². The lowest BCUT2D eigenvalue weighted by Crippen LogP contribution is -2.22. The van der Waals surface area contributed by atoms with Crippen LogP contribution in [0.1, 0.15) is 31.7 Å². The van der Waals surface area contributed by atoms with Gasteiger partial charge >= 0.3 is 0 Å². The predicted molar refractivity (Wildman–Crippen MR) is 130 cm³/mol. The van der Waals surface area contributed by atoms with E-state index in [0.29, 0.717) is 41.4 Å². The molecule has 0 spiro atoms. The minimum absolute atomic E-state index is 0.105. The molecule has 5 heteroatoms. The first-order valence-electron chi connectivity index (χ1n) is 10.9. The molecule has 0 atom stereocenters. The van der Waals surface area contributed by atoms with Gasteiger partial charge in [-0.25, -0.2) is 4.98 Å². The van der Waals surface area contributed by atoms with E-state index in [1.165, 1.54) is 0 Å². The van der Waals surface area contributed by atoms with Crippen LogP contribution in [0, 0.1) is 0 Å². The van der Waals surface area contributed by atoms with Gasteiger partial charge in [-0.1, -0.05) is 49.4 Å². The van der Waals surface area contributed by atoms with E-state index in [1.807, 2.05) is 85.8 Å². The number of para-hydroxylation sites is 3. The van der Waals surface area contributed by atoms with Gasteiger partial charge in [-0.2, -0.15) is 0 Å². The Hall–Kier alpha value is -3.86. The highest BCUT2D eigenvalue weighted by atomic mass is 16.5. The summed E-state index contributed by atoms with van der Waals surface area (Å²) >= 11 is 0. The first kappa shape index (κ1) is 21.4. The molecule has 1 aromatic heterocycles. The largest absolute Gasteiger partial charge is 0.490 e. The zero-order valence-electron chi connectivity index (χ0n) is 18.3. The van der Waals surface area contributed by atoms with Crippen LogP contribution in [-0.2, 0) is 0 Å². The van der Waals surface area contributed by atoms with Crippen molar-refractivity contribution in [1.82, 2.24) is 9.55 Å². The van der Waals surface area contributed by atoms with Gasteiger partial charge in [0.15, 0.2) is 11.5 Å².